The second-order valence-electron chi connectivity index (χ2n) is 4.88. The molecule has 0 aliphatic heterocycles. The number of allylic oxidation sites excluding steroid dienone is 1. The zero-order valence-electron chi connectivity index (χ0n) is 12.9. The number of ether oxygens (including phenoxy) is 1. The average Bonchev–Trinajstić information content (AvgIpc) is 2.58. The third-order valence-electron chi connectivity index (χ3n) is 3.09. The summed E-state index contributed by atoms with van der Waals surface area (Å²) in [5.74, 6) is 0.240. The van der Waals surface area contributed by atoms with Crippen LogP contribution in [0.4, 0.5) is 0 Å². The number of rotatable bonds is 7. The Kier molecular flexibility index (Phi) is 6.40. The zero-order chi connectivity index (χ0) is 17.4. The molecule has 0 aliphatic rings. The number of hydrogen-bond acceptors (Lipinski definition) is 4. The molecule has 0 atom stereocenters. The van der Waals surface area contributed by atoms with Gasteiger partial charge in [0, 0.05) is 10.6 Å². The molecule has 0 bridgehead atoms. The van der Waals surface area contributed by atoms with Crippen molar-refractivity contribution in [3.63, 3.8) is 0 Å². The lowest BCUT2D eigenvalue weighted by Gasteiger charge is -2.06. The van der Waals surface area contributed by atoms with Gasteiger partial charge in [-0.25, -0.2) is 5.43 Å². The van der Waals surface area contributed by atoms with Crippen LogP contribution in [0.15, 0.2) is 60.2 Å². The van der Waals surface area contributed by atoms with Crippen LogP contribution in [-0.2, 0) is 11.2 Å². The highest BCUT2D eigenvalue weighted by atomic mass is 35.5. The Bertz CT molecular complexity index is 742. The van der Waals surface area contributed by atoms with E-state index in [0.29, 0.717) is 22.8 Å². The number of halogens is 1. The highest BCUT2D eigenvalue weighted by Gasteiger charge is 2.04. The summed E-state index contributed by atoms with van der Waals surface area (Å²) in [7, 11) is 0. The monoisotopic (exact) mass is 344 g/mol. The lowest BCUT2D eigenvalue weighted by Crippen LogP contribution is -2.24. The Morgan fingerprint density at radius 1 is 1.29 bits per heavy atom. The molecule has 0 spiro atoms. The Balaban J connectivity index is 1.87. The molecule has 0 unspecified atom stereocenters. The molecular formula is C18H17ClN2O3. The van der Waals surface area contributed by atoms with Gasteiger partial charge < -0.3 is 9.84 Å². The first kappa shape index (κ1) is 17.6. The third kappa shape index (κ3) is 5.14. The average molecular weight is 345 g/mol. The maximum atomic E-state index is 11.7. The van der Waals surface area contributed by atoms with Crippen LogP contribution in [0.3, 0.4) is 0 Å². The Hall–Kier alpha value is -2.79. The molecule has 0 saturated heterocycles. The molecule has 0 aliphatic carbocycles. The largest absolute Gasteiger partial charge is 0.507 e. The number of carbonyl (C=O) groups is 1. The quantitative estimate of drug-likeness (QED) is 0.460. The first-order valence-corrected chi connectivity index (χ1v) is 7.60. The van der Waals surface area contributed by atoms with Crippen molar-refractivity contribution in [2.24, 2.45) is 5.10 Å². The van der Waals surface area contributed by atoms with Gasteiger partial charge in [0.2, 0.25) is 0 Å². The second kappa shape index (κ2) is 8.74. The van der Waals surface area contributed by atoms with Crippen LogP contribution < -0.4 is 10.2 Å². The highest BCUT2D eigenvalue weighted by Crippen LogP contribution is 2.21. The minimum absolute atomic E-state index is 0.118. The summed E-state index contributed by atoms with van der Waals surface area (Å²) in [6.45, 7) is 3.46. The van der Waals surface area contributed by atoms with E-state index in [1.807, 2.05) is 0 Å². The standard InChI is InChI=1S/C18H17ClN2O3/c1-2-4-13-5-3-6-14(18(13)23)11-20-21-17(22)12-24-16-9-7-15(19)8-10-16/h2-3,5-11,23H,1,4,12H2,(H,21,22). The van der Waals surface area contributed by atoms with Crippen molar-refractivity contribution < 1.29 is 14.6 Å². The van der Waals surface area contributed by atoms with Gasteiger partial charge in [0.05, 0.1) is 6.21 Å². The minimum atomic E-state index is -0.414. The van der Waals surface area contributed by atoms with E-state index >= 15 is 0 Å². The Labute approximate surface area is 145 Å². The molecule has 124 valence electrons. The number of phenolic OH excluding ortho intramolecular Hbond substituents is 1. The number of para-hydroxylation sites is 1. The molecular weight excluding hydrogens is 328 g/mol. The minimum Gasteiger partial charge on any atom is -0.507 e. The number of aromatic hydroxyl groups is 1. The van der Waals surface area contributed by atoms with Crippen molar-refractivity contribution in [1.29, 1.82) is 0 Å². The van der Waals surface area contributed by atoms with E-state index in [1.54, 1.807) is 48.5 Å². The molecule has 6 heteroatoms. The molecule has 2 N–H and O–H groups in total. The van der Waals surface area contributed by atoms with E-state index in [-0.39, 0.29) is 12.4 Å². The molecule has 0 fully saturated rings. The van der Waals surface area contributed by atoms with Gasteiger partial charge >= 0.3 is 0 Å². The fourth-order valence-corrected chi connectivity index (χ4v) is 2.05. The number of hydrogen-bond donors (Lipinski definition) is 2. The maximum absolute atomic E-state index is 11.7. The van der Waals surface area contributed by atoms with Crippen molar-refractivity contribution in [2.75, 3.05) is 6.61 Å². The lowest BCUT2D eigenvalue weighted by molar-refractivity contribution is -0.123. The number of nitrogens with one attached hydrogen (secondary N) is 1. The van der Waals surface area contributed by atoms with Crippen LogP contribution in [0.2, 0.25) is 5.02 Å². The van der Waals surface area contributed by atoms with E-state index < -0.39 is 5.91 Å². The van der Waals surface area contributed by atoms with Gasteiger partial charge in [-0.2, -0.15) is 5.10 Å². The maximum Gasteiger partial charge on any atom is 0.277 e. The summed E-state index contributed by atoms with van der Waals surface area (Å²) >= 11 is 5.76. The molecule has 0 radical (unpaired) electrons. The Morgan fingerprint density at radius 2 is 2.04 bits per heavy atom. The van der Waals surface area contributed by atoms with Crippen LogP contribution in [0.5, 0.6) is 11.5 Å². The second-order valence-corrected chi connectivity index (χ2v) is 5.32. The van der Waals surface area contributed by atoms with Crippen molar-refractivity contribution in [3.05, 3.63) is 71.3 Å². The fourth-order valence-electron chi connectivity index (χ4n) is 1.92. The van der Waals surface area contributed by atoms with Crippen LogP contribution in [0.25, 0.3) is 0 Å². The molecule has 2 rings (SSSR count). The normalized spacial score (nSPS) is 10.5. The van der Waals surface area contributed by atoms with Gasteiger partial charge in [-0.05, 0) is 42.3 Å². The van der Waals surface area contributed by atoms with Gasteiger partial charge in [0.15, 0.2) is 6.61 Å². The van der Waals surface area contributed by atoms with E-state index in [9.17, 15) is 9.90 Å². The summed E-state index contributed by atoms with van der Waals surface area (Å²) in [4.78, 5) is 11.7. The van der Waals surface area contributed by atoms with Crippen molar-refractivity contribution in [1.82, 2.24) is 5.43 Å². The first-order valence-electron chi connectivity index (χ1n) is 7.22. The smallest absolute Gasteiger partial charge is 0.277 e. The van der Waals surface area contributed by atoms with Crippen molar-refractivity contribution in [3.8, 4) is 11.5 Å². The van der Waals surface area contributed by atoms with Gasteiger partial charge in [0.25, 0.3) is 5.91 Å². The SMILES string of the molecule is C=CCc1cccc(C=NNC(=O)COc2ccc(Cl)cc2)c1O. The molecule has 0 saturated carbocycles. The number of nitrogens with zero attached hydrogens (tertiary/aromatic N) is 1. The molecule has 24 heavy (non-hydrogen) atoms. The summed E-state index contributed by atoms with van der Waals surface area (Å²) < 4.78 is 5.30. The third-order valence-corrected chi connectivity index (χ3v) is 3.34. The predicted octanol–water partition coefficient (Wildman–Crippen LogP) is 3.30. The summed E-state index contributed by atoms with van der Waals surface area (Å²) in [6.07, 6.45) is 3.63. The van der Waals surface area contributed by atoms with Gasteiger partial charge in [-0.1, -0.05) is 29.8 Å². The first-order chi connectivity index (χ1) is 11.6. The number of amides is 1. The van der Waals surface area contributed by atoms with Gasteiger partial charge in [-0.15, -0.1) is 6.58 Å². The molecule has 0 aromatic heterocycles. The summed E-state index contributed by atoms with van der Waals surface area (Å²) in [6, 6.07) is 12.0. The fraction of sp³-hybridized carbons (Fsp3) is 0.111. The van der Waals surface area contributed by atoms with E-state index in [0.717, 1.165) is 5.56 Å². The molecule has 2 aromatic rings. The number of benzene rings is 2. The molecule has 5 nitrogen and oxygen atoms in total. The molecule has 1 amide bonds. The van der Waals surface area contributed by atoms with E-state index in [1.165, 1.54) is 6.21 Å². The van der Waals surface area contributed by atoms with Crippen LogP contribution >= 0.6 is 11.6 Å². The van der Waals surface area contributed by atoms with E-state index in [2.05, 4.69) is 17.1 Å². The Morgan fingerprint density at radius 3 is 2.75 bits per heavy atom. The van der Waals surface area contributed by atoms with Gasteiger partial charge in [0.1, 0.15) is 11.5 Å². The van der Waals surface area contributed by atoms with Gasteiger partial charge in [-0.3, -0.25) is 4.79 Å². The van der Waals surface area contributed by atoms with Crippen LogP contribution in [-0.4, -0.2) is 23.8 Å². The molecule has 0 heterocycles. The van der Waals surface area contributed by atoms with Crippen LogP contribution in [0.1, 0.15) is 11.1 Å². The molecule has 2 aromatic carbocycles. The lowest BCUT2D eigenvalue weighted by atomic mass is 10.1. The summed E-state index contributed by atoms with van der Waals surface area (Å²) in [5, 5.41) is 14.5. The summed E-state index contributed by atoms with van der Waals surface area (Å²) in [5.41, 5.74) is 3.59. The van der Waals surface area contributed by atoms with Crippen molar-refractivity contribution >= 4 is 23.7 Å². The van der Waals surface area contributed by atoms with Crippen molar-refractivity contribution in [2.45, 2.75) is 6.42 Å². The predicted molar refractivity (Wildman–Crippen MR) is 94.7 cm³/mol. The zero-order valence-corrected chi connectivity index (χ0v) is 13.7. The topological polar surface area (TPSA) is 70.9 Å². The van der Waals surface area contributed by atoms with E-state index in [4.69, 9.17) is 16.3 Å². The highest BCUT2D eigenvalue weighted by molar-refractivity contribution is 6.30. The number of carbonyl (C=O) groups excluding carboxylic acids is 1. The number of hydrazone groups is 1. The number of phenols is 1. The van der Waals surface area contributed by atoms with Crippen LogP contribution in [0, 0.1) is 0 Å².